The van der Waals surface area contributed by atoms with Gasteiger partial charge in [0.05, 0.1) is 27.6 Å². The van der Waals surface area contributed by atoms with Crippen molar-refractivity contribution in [2.24, 2.45) is 11.8 Å². The van der Waals surface area contributed by atoms with Gasteiger partial charge in [0.2, 0.25) is 11.8 Å². The Morgan fingerprint density at radius 3 is 2.08 bits per heavy atom. The second-order valence-electron chi connectivity index (χ2n) is 6.24. The lowest BCUT2D eigenvalue weighted by Crippen LogP contribution is -2.49. The number of nitrogens with one attached hydrogen (secondary N) is 2. The van der Waals surface area contributed by atoms with Crippen LogP contribution in [0.25, 0.3) is 0 Å². The van der Waals surface area contributed by atoms with Crippen molar-refractivity contribution in [3.8, 4) is 0 Å². The zero-order valence-electron chi connectivity index (χ0n) is 13.8. The summed E-state index contributed by atoms with van der Waals surface area (Å²) in [6, 6.07) is 1.98. The molecule has 26 heavy (non-hydrogen) atoms. The van der Waals surface area contributed by atoms with Crippen molar-refractivity contribution in [1.29, 1.82) is 0 Å². The summed E-state index contributed by atoms with van der Waals surface area (Å²) in [5.74, 6) is -1.93. The van der Waals surface area contributed by atoms with Crippen LogP contribution in [0.5, 0.6) is 0 Å². The van der Waals surface area contributed by atoms with E-state index < -0.39 is 11.9 Å². The quantitative estimate of drug-likeness (QED) is 0.448. The molecule has 0 bridgehead atoms. The Balaban J connectivity index is 1.69. The number of fused-ring (bicyclic) bond motifs is 1. The Morgan fingerprint density at radius 2 is 1.58 bits per heavy atom. The molecule has 1 aliphatic heterocycles. The Hall–Kier alpha value is -1.76. The van der Waals surface area contributed by atoms with Gasteiger partial charge in [-0.3, -0.25) is 30.1 Å². The first-order valence-electron chi connectivity index (χ1n) is 8.03. The van der Waals surface area contributed by atoms with E-state index >= 15 is 0 Å². The fourth-order valence-corrected chi connectivity index (χ4v) is 4.13. The van der Waals surface area contributed by atoms with Crippen molar-refractivity contribution in [2.75, 3.05) is 5.43 Å². The van der Waals surface area contributed by atoms with Gasteiger partial charge in [0.1, 0.15) is 6.04 Å². The van der Waals surface area contributed by atoms with Crippen LogP contribution in [-0.2, 0) is 14.4 Å². The summed E-state index contributed by atoms with van der Waals surface area (Å²) in [5, 5.41) is 0.802. The molecule has 1 saturated heterocycles. The molecule has 6 nitrogen and oxygen atoms in total. The number of hydrogen-bond acceptors (Lipinski definition) is 4. The third-order valence-corrected chi connectivity index (χ3v) is 5.44. The van der Waals surface area contributed by atoms with E-state index in [0.717, 1.165) is 4.90 Å². The normalized spacial score (nSPS) is 23.0. The number of hydrazine groups is 1. The van der Waals surface area contributed by atoms with Crippen molar-refractivity contribution >= 4 is 58.2 Å². The molecule has 1 aromatic carbocycles. The fourth-order valence-electron chi connectivity index (χ4n) is 3.22. The number of allylic oxidation sites excluding steroid dienone is 2. The number of imide groups is 1. The molecule has 1 aromatic rings. The Kier molecular flexibility index (Phi) is 5.46. The Bertz CT molecular complexity index is 763. The number of nitrogens with zero attached hydrogens (tertiary/aromatic N) is 1. The molecule has 3 atom stereocenters. The number of hydrogen-bond donors (Lipinski definition) is 2. The third-order valence-electron chi connectivity index (χ3n) is 4.63. The fraction of sp³-hybridized carbons (Fsp3) is 0.353. The van der Waals surface area contributed by atoms with Crippen molar-refractivity contribution in [1.82, 2.24) is 10.3 Å². The molecule has 1 aliphatic carbocycles. The zero-order chi connectivity index (χ0) is 19.0. The van der Waals surface area contributed by atoms with E-state index in [0.29, 0.717) is 17.9 Å². The lowest BCUT2D eigenvalue weighted by molar-refractivity contribution is -0.147. The Labute approximate surface area is 165 Å². The van der Waals surface area contributed by atoms with Crippen LogP contribution in [-0.4, -0.2) is 28.7 Å². The van der Waals surface area contributed by atoms with E-state index in [4.69, 9.17) is 34.8 Å². The van der Waals surface area contributed by atoms with Crippen molar-refractivity contribution in [3.05, 3.63) is 39.4 Å². The van der Waals surface area contributed by atoms with Gasteiger partial charge < -0.3 is 0 Å². The van der Waals surface area contributed by atoms with E-state index in [2.05, 4.69) is 10.9 Å². The van der Waals surface area contributed by atoms with Gasteiger partial charge in [-0.25, -0.2) is 0 Å². The van der Waals surface area contributed by atoms with Crippen LogP contribution in [0.15, 0.2) is 24.3 Å². The van der Waals surface area contributed by atoms with Gasteiger partial charge in [-0.15, -0.1) is 0 Å². The molecule has 3 rings (SSSR count). The molecule has 0 saturated carbocycles. The summed E-state index contributed by atoms with van der Waals surface area (Å²) in [5.41, 5.74) is 5.33. The standard InChI is InChI=1S/C17H16Cl3N3O3/c1-8(23-16(25)10-4-2-3-5-11(10)17(23)26)15(24)22-21-14-12(19)6-9(18)7-13(14)20/h2-3,6-8,10-11,21H,4-5H2,1H3,(H,22,24). The summed E-state index contributed by atoms with van der Waals surface area (Å²) in [7, 11) is 0. The van der Waals surface area contributed by atoms with Crippen molar-refractivity contribution in [3.63, 3.8) is 0 Å². The van der Waals surface area contributed by atoms with Crippen LogP contribution >= 0.6 is 34.8 Å². The average molecular weight is 417 g/mol. The van der Waals surface area contributed by atoms with Gasteiger partial charge in [-0.2, -0.15) is 0 Å². The number of rotatable bonds is 4. The van der Waals surface area contributed by atoms with Gasteiger partial charge in [-0.05, 0) is 31.9 Å². The van der Waals surface area contributed by atoms with E-state index in [1.807, 2.05) is 12.2 Å². The topological polar surface area (TPSA) is 78.5 Å². The van der Waals surface area contributed by atoms with Gasteiger partial charge in [0.25, 0.3) is 5.91 Å². The molecular formula is C17H16Cl3N3O3. The maximum absolute atomic E-state index is 12.5. The number of carbonyl (C=O) groups is 3. The predicted octanol–water partition coefficient (Wildman–Crippen LogP) is 3.43. The number of likely N-dealkylation sites (tertiary alicyclic amines) is 1. The molecule has 9 heteroatoms. The molecule has 1 heterocycles. The largest absolute Gasteiger partial charge is 0.296 e. The maximum Gasteiger partial charge on any atom is 0.261 e. The van der Waals surface area contributed by atoms with Gasteiger partial charge in [0, 0.05) is 5.02 Å². The minimum absolute atomic E-state index is 0.223. The van der Waals surface area contributed by atoms with Crippen LogP contribution in [0.3, 0.4) is 0 Å². The molecule has 0 spiro atoms. The summed E-state index contributed by atoms with van der Waals surface area (Å²) < 4.78 is 0. The number of benzene rings is 1. The molecule has 2 aliphatic rings. The molecule has 1 fully saturated rings. The summed E-state index contributed by atoms with van der Waals surface area (Å²) in [6.45, 7) is 1.50. The van der Waals surface area contributed by atoms with Gasteiger partial charge in [0.15, 0.2) is 0 Å². The Morgan fingerprint density at radius 1 is 1.08 bits per heavy atom. The van der Waals surface area contributed by atoms with Crippen LogP contribution in [0.1, 0.15) is 19.8 Å². The average Bonchev–Trinajstić information content (AvgIpc) is 2.84. The molecule has 138 valence electrons. The lowest BCUT2D eigenvalue weighted by atomic mass is 9.85. The first-order chi connectivity index (χ1) is 12.3. The predicted molar refractivity (Wildman–Crippen MR) is 99.9 cm³/mol. The maximum atomic E-state index is 12.5. The molecule has 0 aromatic heterocycles. The van der Waals surface area contributed by atoms with Crippen LogP contribution in [0.2, 0.25) is 15.1 Å². The molecular weight excluding hydrogens is 401 g/mol. The van der Waals surface area contributed by atoms with Crippen molar-refractivity contribution in [2.45, 2.75) is 25.8 Å². The first-order valence-corrected chi connectivity index (χ1v) is 9.17. The number of carbonyl (C=O) groups excluding carboxylic acids is 3. The number of amides is 3. The monoisotopic (exact) mass is 415 g/mol. The minimum Gasteiger partial charge on any atom is -0.296 e. The number of anilines is 1. The van der Waals surface area contributed by atoms with Crippen molar-refractivity contribution < 1.29 is 14.4 Å². The molecule has 3 unspecified atom stereocenters. The first kappa shape index (κ1) is 19.0. The van der Waals surface area contributed by atoms with Gasteiger partial charge in [-0.1, -0.05) is 47.0 Å². The van der Waals surface area contributed by atoms with E-state index in [1.54, 1.807) is 0 Å². The van der Waals surface area contributed by atoms with Crippen LogP contribution in [0.4, 0.5) is 5.69 Å². The van der Waals surface area contributed by atoms with Crippen LogP contribution < -0.4 is 10.9 Å². The number of halogens is 3. The summed E-state index contributed by atoms with van der Waals surface area (Å²) in [6.07, 6.45) is 4.84. The van der Waals surface area contributed by atoms with Crippen LogP contribution in [0, 0.1) is 11.8 Å². The van der Waals surface area contributed by atoms with E-state index in [1.165, 1.54) is 19.1 Å². The third kappa shape index (κ3) is 3.41. The van der Waals surface area contributed by atoms with E-state index in [9.17, 15) is 14.4 Å². The molecule has 0 radical (unpaired) electrons. The smallest absolute Gasteiger partial charge is 0.261 e. The summed E-state index contributed by atoms with van der Waals surface area (Å²) in [4.78, 5) is 38.5. The lowest BCUT2D eigenvalue weighted by Gasteiger charge is -2.23. The highest BCUT2D eigenvalue weighted by atomic mass is 35.5. The van der Waals surface area contributed by atoms with E-state index in [-0.39, 0.29) is 39.4 Å². The summed E-state index contributed by atoms with van der Waals surface area (Å²) >= 11 is 17.9. The van der Waals surface area contributed by atoms with Gasteiger partial charge >= 0.3 is 0 Å². The second-order valence-corrected chi connectivity index (χ2v) is 7.49. The zero-order valence-corrected chi connectivity index (χ0v) is 16.0. The molecule has 3 amide bonds. The highest BCUT2D eigenvalue weighted by molar-refractivity contribution is 6.41. The highest BCUT2D eigenvalue weighted by Crippen LogP contribution is 2.36. The minimum atomic E-state index is -0.960. The SMILES string of the molecule is CC(C(=O)NNc1c(Cl)cc(Cl)cc1Cl)N1C(=O)C2CC=CCC2C1=O. The highest BCUT2D eigenvalue weighted by Gasteiger charge is 2.50. The molecule has 2 N–H and O–H groups in total. The second kappa shape index (κ2) is 7.47.